The van der Waals surface area contributed by atoms with E-state index in [9.17, 15) is 40.6 Å². The molecule has 0 fully saturated rings. The lowest BCUT2D eigenvalue weighted by atomic mass is 9.87. The van der Waals surface area contributed by atoms with Crippen molar-refractivity contribution in [3.05, 3.63) is 74.8 Å². The molecule has 0 spiro atoms. The zero-order chi connectivity index (χ0) is 25.5. The molecule has 0 heterocycles. The third kappa shape index (κ3) is 5.01. The molecule has 2 rings (SSSR count). The monoisotopic (exact) mass is 515 g/mol. The van der Waals surface area contributed by atoms with Gasteiger partial charge in [0.25, 0.3) is 5.24 Å². The van der Waals surface area contributed by atoms with E-state index >= 15 is 0 Å². The van der Waals surface area contributed by atoms with E-state index in [0.29, 0.717) is 12.1 Å². The van der Waals surface area contributed by atoms with Gasteiger partial charge in [-0.1, -0.05) is 23.7 Å². The molecule has 0 bridgehead atoms. The van der Waals surface area contributed by atoms with E-state index in [4.69, 9.17) is 28.6 Å². The van der Waals surface area contributed by atoms with Crippen molar-refractivity contribution < 1.29 is 40.6 Å². The van der Waals surface area contributed by atoms with Gasteiger partial charge in [0, 0.05) is 22.8 Å². The molecule has 0 atom stereocenters. The van der Waals surface area contributed by atoms with Gasteiger partial charge in [0.2, 0.25) is 0 Å². The van der Waals surface area contributed by atoms with E-state index in [1.165, 1.54) is 12.1 Å². The lowest BCUT2D eigenvalue weighted by Gasteiger charge is -2.31. The quantitative estimate of drug-likeness (QED) is 0.186. The summed E-state index contributed by atoms with van der Waals surface area (Å²) in [6, 6.07) is 4.38. The highest BCUT2D eigenvalue weighted by Crippen LogP contribution is 2.53. The Morgan fingerprint density at radius 3 is 1.88 bits per heavy atom. The van der Waals surface area contributed by atoms with Crippen molar-refractivity contribution in [1.29, 1.82) is 5.41 Å². The van der Waals surface area contributed by atoms with Crippen LogP contribution in [0.15, 0.2) is 36.4 Å². The zero-order valence-electron chi connectivity index (χ0n) is 16.7. The van der Waals surface area contributed by atoms with Crippen molar-refractivity contribution >= 4 is 39.9 Å². The lowest BCUT2D eigenvalue weighted by Crippen LogP contribution is -2.50. The van der Waals surface area contributed by atoms with Gasteiger partial charge in [0.1, 0.15) is 5.76 Å². The molecular weight excluding hydrogens is 502 g/mol. The summed E-state index contributed by atoms with van der Waals surface area (Å²) in [5, 5.41) is 17.5. The molecule has 0 aliphatic carbocycles. The molecule has 178 valence electrons. The minimum absolute atomic E-state index is 0.00654. The fraction of sp³-hybridized carbons (Fsp3) is 0.238. The Labute approximate surface area is 192 Å². The van der Waals surface area contributed by atoms with E-state index < -0.39 is 40.3 Å². The summed E-state index contributed by atoms with van der Waals surface area (Å²) < 4.78 is 92.8. The molecule has 0 amide bonds. The first-order valence-electron chi connectivity index (χ1n) is 8.85. The van der Waals surface area contributed by atoms with Crippen molar-refractivity contribution in [2.45, 2.75) is 31.9 Å². The van der Waals surface area contributed by atoms with Gasteiger partial charge in [-0.2, -0.15) is 26.3 Å². The summed E-state index contributed by atoms with van der Waals surface area (Å²) in [6.45, 7) is 2.20. The summed E-state index contributed by atoms with van der Waals surface area (Å²) in [5.74, 6) is -0.566. The Hall–Kier alpha value is -2.59. The molecule has 0 saturated heterocycles. The number of allylic oxidation sites excluding steroid dienone is 1. The van der Waals surface area contributed by atoms with Gasteiger partial charge in [-0.25, -0.2) is 4.39 Å². The van der Waals surface area contributed by atoms with Crippen LogP contribution >= 0.6 is 23.2 Å². The highest BCUT2D eigenvalue weighted by atomic mass is 35.5. The van der Waals surface area contributed by atoms with Gasteiger partial charge < -0.3 is 10.5 Å². The van der Waals surface area contributed by atoms with Gasteiger partial charge in [0.05, 0.1) is 16.3 Å². The topological polar surface area (TPSA) is 61.1 Å². The molecule has 0 aliphatic rings. The van der Waals surface area contributed by atoms with Gasteiger partial charge in [-0.15, -0.1) is 0 Å². The first-order valence-corrected chi connectivity index (χ1v) is 9.60. The van der Waals surface area contributed by atoms with E-state index in [-0.39, 0.29) is 32.8 Å². The SMILES string of the molecule is Cc1cc(C(F)(C(F)(F)F)C(F)(F)F)cc(C)c1C(=N)/C=C(\O)c1ccc(Cl)c(C(=O)Cl)c1. The molecule has 0 unspecified atom stereocenters. The van der Waals surface area contributed by atoms with Crippen LogP contribution in [0.2, 0.25) is 5.02 Å². The Kier molecular flexibility index (Phi) is 7.26. The minimum atomic E-state index is -6.27. The summed E-state index contributed by atoms with van der Waals surface area (Å²) in [5.41, 5.74) is -8.56. The number of hydrogen-bond donors (Lipinski definition) is 2. The van der Waals surface area contributed by atoms with Gasteiger partial charge in [-0.05, 0) is 54.8 Å². The number of aliphatic hydroxyl groups excluding tert-OH is 1. The molecule has 2 aromatic carbocycles. The van der Waals surface area contributed by atoms with Crippen LogP contribution in [-0.4, -0.2) is 28.4 Å². The van der Waals surface area contributed by atoms with Crippen molar-refractivity contribution in [1.82, 2.24) is 0 Å². The molecule has 12 heteroatoms. The van der Waals surface area contributed by atoms with Crippen molar-refractivity contribution in [3.8, 4) is 0 Å². The smallest absolute Gasteiger partial charge is 0.435 e. The second-order valence-electron chi connectivity index (χ2n) is 7.05. The number of aryl methyl sites for hydroxylation is 2. The number of hydrogen-bond acceptors (Lipinski definition) is 3. The Morgan fingerprint density at radius 1 is 0.970 bits per heavy atom. The predicted octanol–water partition coefficient (Wildman–Crippen LogP) is 7.59. The van der Waals surface area contributed by atoms with E-state index in [1.807, 2.05) is 0 Å². The summed E-state index contributed by atoms with van der Waals surface area (Å²) in [4.78, 5) is 11.4. The first kappa shape index (κ1) is 26.7. The number of carbonyl (C=O) groups is 1. The highest BCUT2D eigenvalue weighted by molar-refractivity contribution is 6.68. The van der Waals surface area contributed by atoms with Gasteiger partial charge in [0.15, 0.2) is 0 Å². The average molecular weight is 516 g/mol. The van der Waals surface area contributed by atoms with E-state index in [1.54, 1.807) is 0 Å². The van der Waals surface area contributed by atoms with Gasteiger partial charge >= 0.3 is 18.0 Å². The maximum atomic E-state index is 14.4. The number of nitrogens with one attached hydrogen (secondary N) is 1. The average Bonchev–Trinajstić information content (AvgIpc) is 2.64. The molecule has 0 saturated carbocycles. The van der Waals surface area contributed by atoms with E-state index in [0.717, 1.165) is 26.0 Å². The number of rotatable bonds is 5. The van der Waals surface area contributed by atoms with Crippen LogP contribution in [0.1, 0.15) is 38.2 Å². The van der Waals surface area contributed by atoms with Crippen molar-refractivity contribution in [2.24, 2.45) is 0 Å². The van der Waals surface area contributed by atoms with Crippen LogP contribution in [-0.2, 0) is 5.67 Å². The fourth-order valence-electron chi connectivity index (χ4n) is 3.20. The Morgan fingerprint density at radius 2 is 1.45 bits per heavy atom. The van der Waals surface area contributed by atoms with Crippen molar-refractivity contribution in [2.75, 3.05) is 0 Å². The van der Waals surface area contributed by atoms with Crippen LogP contribution < -0.4 is 0 Å². The van der Waals surface area contributed by atoms with Crippen LogP contribution in [0.5, 0.6) is 0 Å². The molecule has 33 heavy (non-hydrogen) atoms. The number of alkyl halides is 7. The van der Waals surface area contributed by atoms with Crippen LogP contribution in [0, 0.1) is 19.3 Å². The Bertz CT molecular complexity index is 1120. The van der Waals surface area contributed by atoms with Crippen LogP contribution in [0.4, 0.5) is 30.7 Å². The number of benzene rings is 2. The second-order valence-corrected chi connectivity index (χ2v) is 7.80. The van der Waals surface area contributed by atoms with Gasteiger partial charge in [-0.3, -0.25) is 4.79 Å². The summed E-state index contributed by atoms with van der Waals surface area (Å²) in [6.07, 6.45) is -11.7. The number of aliphatic hydroxyl groups is 1. The van der Waals surface area contributed by atoms with Crippen LogP contribution in [0.25, 0.3) is 5.76 Å². The summed E-state index contributed by atoms with van der Waals surface area (Å²) in [7, 11) is 0. The largest absolute Gasteiger partial charge is 0.507 e. The highest BCUT2D eigenvalue weighted by Gasteiger charge is 2.73. The molecule has 2 aromatic rings. The number of halogens is 9. The predicted molar refractivity (Wildman–Crippen MR) is 110 cm³/mol. The fourth-order valence-corrected chi connectivity index (χ4v) is 3.61. The molecule has 3 nitrogen and oxygen atoms in total. The minimum Gasteiger partial charge on any atom is -0.507 e. The third-order valence-corrected chi connectivity index (χ3v) is 5.27. The zero-order valence-corrected chi connectivity index (χ0v) is 18.2. The maximum absolute atomic E-state index is 14.4. The maximum Gasteiger partial charge on any atom is 0.435 e. The number of carbonyl (C=O) groups excluding carboxylic acids is 1. The summed E-state index contributed by atoms with van der Waals surface area (Å²) >= 11 is 11.2. The second kappa shape index (κ2) is 8.98. The normalized spacial score (nSPS) is 13.2. The molecule has 2 N–H and O–H groups in total. The van der Waals surface area contributed by atoms with Crippen LogP contribution in [0.3, 0.4) is 0 Å². The lowest BCUT2D eigenvalue weighted by molar-refractivity contribution is -0.348. The first-order chi connectivity index (χ1) is 14.9. The molecular formula is C21H14Cl2F7NO2. The third-order valence-electron chi connectivity index (χ3n) is 4.74. The molecule has 0 radical (unpaired) electrons. The standard InChI is InChI=1S/C21H14Cl2F7NO2/c1-9-5-12(19(24,20(25,26)27)21(28,29)30)6-10(2)17(9)15(31)8-16(32)11-3-4-14(22)13(7-11)18(23)33/h3-8,31-32H,1-2H3/b16-8-,31-15?. The Balaban J connectivity index is 2.56. The van der Waals surface area contributed by atoms with Crippen molar-refractivity contribution in [3.63, 3.8) is 0 Å². The molecule has 0 aliphatic heterocycles. The molecule has 0 aromatic heterocycles. The van der Waals surface area contributed by atoms with E-state index in [2.05, 4.69) is 0 Å².